The van der Waals surface area contributed by atoms with Gasteiger partial charge in [0, 0.05) is 18.5 Å². The number of hydrazine groups is 1. The summed E-state index contributed by atoms with van der Waals surface area (Å²) in [5.74, 6) is 0.765. The molecule has 0 fully saturated rings. The predicted molar refractivity (Wildman–Crippen MR) is 100 cm³/mol. The van der Waals surface area contributed by atoms with Crippen LogP contribution in [0, 0.1) is 6.92 Å². The molecule has 1 atom stereocenters. The fraction of sp³-hybridized carbons (Fsp3) is 0.500. The van der Waals surface area contributed by atoms with Gasteiger partial charge in [-0.25, -0.2) is 0 Å². The van der Waals surface area contributed by atoms with Gasteiger partial charge in [0.1, 0.15) is 0 Å². The summed E-state index contributed by atoms with van der Waals surface area (Å²) in [5, 5.41) is 3.44. The molecule has 0 aliphatic rings. The van der Waals surface area contributed by atoms with Crippen molar-refractivity contribution in [3.05, 3.63) is 29.8 Å². The fourth-order valence-corrected chi connectivity index (χ4v) is 5.71. The number of hydrogen-bond donors (Lipinski definition) is 2. The van der Waals surface area contributed by atoms with E-state index in [4.69, 9.17) is 16.7 Å². The normalized spacial score (nSPS) is 13.7. The van der Waals surface area contributed by atoms with Crippen molar-refractivity contribution in [2.24, 2.45) is 0 Å². The molecule has 1 rings (SSSR count). The Morgan fingerprint density at radius 3 is 2.55 bits per heavy atom. The first-order chi connectivity index (χ1) is 10.4. The summed E-state index contributed by atoms with van der Waals surface area (Å²) in [6.07, 6.45) is 0.932. The molecule has 1 aromatic rings. The van der Waals surface area contributed by atoms with Gasteiger partial charge >= 0.3 is 6.72 Å². The summed E-state index contributed by atoms with van der Waals surface area (Å²) in [6, 6.07) is 7.88. The number of nitrogens with one attached hydrogen (secondary N) is 2. The van der Waals surface area contributed by atoms with E-state index in [1.807, 2.05) is 45.0 Å². The van der Waals surface area contributed by atoms with Gasteiger partial charge in [-0.15, -0.1) is 4.78 Å². The quantitative estimate of drug-likeness (QED) is 0.404. The van der Waals surface area contributed by atoms with E-state index in [9.17, 15) is 4.57 Å². The Bertz CT molecular complexity index is 525. The molecule has 8 heteroatoms. The van der Waals surface area contributed by atoms with Gasteiger partial charge in [-0.2, -0.15) is 0 Å². The second kappa shape index (κ2) is 9.53. The van der Waals surface area contributed by atoms with Gasteiger partial charge in [0.05, 0.1) is 6.61 Å². The average Bonchev–Trinajstić information content (AvgIpc) is 2.47. The Labute approximate surface area is 142 Å². The maximum atomic E-state index is 12.8. The molecule has 0 radical (unpaired) electrons. The molecule has 0 aromatic heterocycles. The fourth-order valence-electron chi connectivity index (χ4n) is 1.58. The van der Waals surface area contributed by atoms with Crippen molar-refractivity contribution >= 4 is 41.1 Å². The third-order valence-corrected chi connectivity index (χ3v) is 7.80. The van der Waals surface area contributed by atoms with Crippen LogP contribution in [0.4, 0.5) is 5.69 Å². The van der Waals surface area contributed by atoms with E-state index in [-0.39, 0.29) is 0 Å². The predicted octanol–water partition coefficient (Wildman–Crippen LogP) is 4.42. The number of hydrogen-bond acceptors (Lipinski definition) is 4. The van der Waals surface area contributed by atoms with Crippen molar-refractivity contribution in [2.45, 2.75) is 27.2 Å². The van der Waals surface area contributed by atoms with E-state index >= 15 is 0 Å². The molecular weight excluding hydrogens is 337 g/mol. The summed E-state index contributed by atoms with van der Waals surface area (Å²) in [5.41, 5.74) is 4.98. The zero-order valence-electron chi connectivity index (χ0n) is 13.5. The minimum Gasteiger partial charge on any atom is -0.332 e. The van der Waals surface area contributed by atoms with Crippen LogP contribution in [0.15, 0.2) is 24.3 Å². The maximum Gasteiger partial charge on any atom is 0.346 e. The van der Waals surface area contributed by atoms with E-state index in [1.54, 1.807) is 7.05 Å². The molecule has 0 aliphatic carbocycles. The molecule has 0 heterocycles. The van der Waals surface area contributed by atoms with Crippen LogP contribution in [0.2, 0.25) is 0 Å². The molecule has 1 aromatic carbocycles. The third kappa shape index (κ3) is 6.26. The van der Waals surface area contributed by atoms with Gasteiger partial charge in [-0.3, -0.25) is 9.99 Å². The largest absolute Gasteiger partial charge is 0.346 e. The maximum absolute atomic E-state index is 12.8. The molecule has 0 amide bonds. The Morgan fingerprint density at radius 1 is 1.36 bits per heavy atom. The Kier molecular flexibility index (Phi) is 8.43. The minimum atomic E-state index is -2.98. The Hall–Kier alpha value is -0.590. The number of rotatable bonds is 8. The first kappa shape index (κ1) is 19.5. The summed E-state index contributed by atoms with van der Waals surface area (Å²) in [6.45, 7) is 3.30. The Morgan fingerprint density at radius 2 is 2.00 bits per heavy atom. The van der Waals surface area contributed by atoms with Gasteiger partial charge < -0.3 is 9.84 Å². The van der Waals surface area contributed by atoms with Crippen LogP contribution in [0.3, 0.4) is 0 Å². The summed E-state index contributed by atoms with van der Waals surface area (Å²) < 4.78 is 19.7. The summed E-state index contributed by atoms with van der Waals surface area (Å²) >= 11 is 6.58. The number of nitrogens with zero attached hydrogens (tertiary/aromatic N) is 1. The first-order valence-electron chi connectivity index (χ1n) is 7.19. The molecule has 0 spiro atoms. The van der Waals surface area contributed by atoms with E-state index in [0.29, 0.717) is 11.7 Å². The molecule has 0 saturated carbocycles. The van der Waals surface area contributed by atoms with Gasteiger partial charge in [-0.1, -0.05) is 36.0 Å². The van der Waals surface area contributed by atoms with E-state index < -0.39 is 6.72 Å². The van der Waals surface area contributed by atoms with Crippen molar-refractivity contribution < 1.29 is 9.09 Å². The molecule has 1 unspecified atom stereocenters. The van der Waals surface area contributed by atoms with Crippen molar-refractivity contribution in [1.82, 2.24) is 10.2 Å². The van der Waals surface area contributed by atoms with Crippen LogP contribution in [0.1, 0.15) is 25.8 Å². The highest BCUT2D eigenvalue weighted by molar-refractivity contribution is 8.55. The second-order valence-electron chi connectivity index (χ2n) is 4.68. The van der Waals surface area contributed by atoms with Crippen molar-refractivity contribution in [3.8, 4) is 0 Å². The lowest BCUT2D eigenvalue weighted by Crippen LogP contribution is -2.39. The molecule has 0 bridgehead atoms. The zero-order chi connectivity index (χ0) is 16.6. The average molecular weight is 361 g/mol. The molecular formula is C14H24N3O2PS2. The van der Waals surface area contributed by atoms with Crippen molar-refractivity contribution in [1.29, 1.82) is 0 Å². The van der Waals surface area contributed by atoms with E-state index in [1.165, 1.54) is 21.7 Å². The smallest absolute Gasteiger partial charge is 0.332 e. The lowest BCUT2D eigenvalue weighted by molar-refractivity contribution is 0.291. The minimum absolute atomic E-state index is 0.378. The number of thiocarbonyl (C=S) groups is 1. The van der Waals surface area contributed by atoms with Crippen LogP contribution >= 0.6 is 30.3 Å². The standard InChI is InChI=1S/C14H24N3O2PS2/c1-5-11-22-20(18,19-6-2)17(4)16-14(21)15-13-9-7-12(3)8-10-13/h7-10H,5-6,11H2,1-4H3,(H2,15,16,21). The zero-order valence-corrected chi connectivity index (χ0v) is 16.0. The molecule has 5 nitrogen and oxygen atoms in total. The monoisotopic (exact) mass is 361 g/mol. The van der Waals surface area contributed by atoms with Crippen molar-refractivity contribution in [3.63, 3.8) is 0 Å². The third-order valence-electron chi connectivity index (χ3n) is 2.69. The van der Waals surface area contributed by atoms with Crippen LogP contribution in [0.25, 0.3) is 0 Å². The Balaban J connectivity index is 2.63. The van der Waals surface area contributed by atoms with Crippen LogP contribution in [-0.4, -0.2) is 29.3 Å². The van der Waals surface area contributed by atoms with Crippen LogP contribution in [0.5, 0.6) is 0 Å². The van der Waals surface area contributed by atoms with Gasteiger partial charge in [0.25, 0.3) is 0 Å². The topological polar surface area (TPSA) is 53.6 Å². The van der Waals surface area contributed by atoms with Crippen molar-refractivity contribution in [2.75, 3.05) is 24.7 Å². The number of benzene rings is 1. The number of anilines is 1. The summed E-state index contributed by atoms with van der Waals surface area (Å²) in [7, 11) is 1.68. The molecule has 2 N–H and O–H groups in total. The second-order valence-corrected chi connectivity index (χ2v) is 9.70. The lowest BCUT2D eigenvalue weighted by atomic mass is 10.2. The van der Waals surface area contributed by atoms with Crippen LogP contribution in [-0.2, 0) is 9.09 Å². The SMILES string of the molecule is CCCSP(=O)(OCC)N(C)NC(=S)Nc1ccc(C)cc1. The molecule has 22 heavy (non-hydrogen) atoms. The van der Waals surface area contributed by atoms with Gasteiger partial charge in [0.15, 0.2) is 5.11 Å². The van der Waals surface area contributed by atoms with E-state index in [0.717, 1.165) is 17.9 Å². The highest BCUT2D eigenvalue weighted by Crippen LogP contribution is 2.60. The highest BCUT2D eigenvalue weighted by Gasteiger charge is 2.30. The van der Waals surface area contributed by atoms with Gasteiger partial charge in [0.2, 0.25) is 0 Å². The highest BCUT2D eigenvalue weighted by atomic mass is 32.7. The van der Waals surface area contributed by atoms with Gasteiger partial charge in [-0.05, 0) is 44.6 Å². The first-order valence-corrected chi connectivity index (χ1v) is 10.8. The van der Waals surface area contributed by atoms with E-state index in [2.05, 4.69) is 10.7 Å². The summed E-state index contributed by atoms with van der Waals surface area (Å²) in [4.78, 5) is 0. The van der Waals surface area contributed by atoms with Crippen LogP contribution < -0.4 is 10.7 Å². The number of aryl methyl sites for hydroxylation is 1. The molecule has 0 saturated heterocycles. The lowest BCUT2D eigenvalue weighted by Gasteiger charge is -2.27. The molecule has 0 aliphatic heterocycles. The molecule has 124 valence electrons.